The van der Waals surface area contributed by atoms with Crippen molar-refractivity contribution >= 4 is 11.6 Å². The van der Waals surface area contributed by atoms with Gasteiger partial charge in [0.25, 0.3) is 0 Å². The minimum Gasteiger partial charge on any atom is -0.279 e. The van der Waals surface area contributed by atoms with E-state index < -0.39 is 11.7 Å². The zero-order valence-corrected chi connectivity index (χ0v) is 12.3. The van der Waals surface area contributed by atoms with E-state index in [2.05, 4.69) is 5.10 Å². The van der Waals surface area contributed by atoms with Crippen molar-refractivity contribution in [3.8, 4) is 0 Å². The molecule has 22 heavy (non-hydrogen) atoms. The first-order valence-electron chi connectivity index (χ1n) is 6.88. The van der Waals surface area contributed by atoms with Gasteiger partial charge in [-0.1, -0.05) is 17.7 Å². The molecule has 0 fully saturated rings. The lowest BCUT2D eigenvalue weighted by Crippen LogP contribution is -2.27. The molecule has 0 amide bonds. The summed E-state index contributed by atoms with van der Waals surface area (Å²) in [6.45, 7) is 0.613. The number of fused-ring (bicyclic) bond motifs is 1. The molecule has 0 spiro atoms. The molecule has 1 aliphatic rings. The van der Waals surface area contributed by atoms with Gasteiger partial charge in [-0.2, -0.15) is 18.3 Å². The van der Waals surface area contributed by atoms with Gasteiger partial charge in [-0.05, 0) is 30.5 Å². The van der Waals surface area contributed by atoms with Gasteiger partial charge in [0.1, 0.15) is 5.82 Å². The Kier molecular flexibility index (Phi) is 3.76. The summed E-state index contributed by atoms with van der Waals surface area (Å²) in [5.74, 6) is 0.696. The Labute approximate surface area is 129 Å². The first kappa shape index (κ1) is 15.1. The number of aromatic nitrogens is 3. The molecule has 1 aromatic carbocycles. The number of rotatable bonds is 2. The van der Waals surface area contributed by atoms with Crippen LogP contribution in [0.5, 0.6) is 0 Å². The maximum Gasteiger partial charge on any atom is 0.417 e. The summed E-state index contributed by atoms with van der Waals surface area (Å²) >= 11 is 5.59. The third kappa shape index (κ3) is 2.77. The fourth-order valence-electron chi connectivity index (χ4n) is 2.61. The second-order valence-electron chi connectivity index (χ2n) is 5.28. The molecule has 2 heterocycles. The summed E-state index contributed by atoms with van der Waals surface area (Å²) in [7, 11) is 0. The summed E-state index contributed by atoms with van der Waals surface area (Å²) in [6, 6.07) is 3.64. The molecule has 0 aliphatic carbocycles. The van der Waals surface area contributed by atoms with E-state index in [1.54, 1.807) is 4.57 Å². The SMILES string of the molecule is O=c1n(Cc2ccc(Cl)c(C(F)(F)F)c2)nc2n1CCCC2. The van der Waals surface area contributed by atoms with Gasteiger partial charge in [-0.15, -0.1) is 0 Å². The highest BCUT2D eigenvalue weighted by Gasteiger charge is 2.33. The molecule has 1 aromatic heterocycles. The van der Waals surface area contributed by atoms with Gasteiger partial charge in [0.05, 0.1) is 17.1 Å². The molecular weight excluding hydrogens is 319 g/mol. The normalized spacial score (nSPS) is 14.9. The van der Waals surface area contributed by atoms with Crippen molar-refractivity contribution in [2.75, 3.05) is 0 Å². The lowest BCUT2D eigenvalue weighted by Gasteiger charge is -2.10. The van der Waals surface area contributed by atoms with Crippen molar-refractivity contribution in [2.45, 2.75) is 38.5 Å². The second-order valence-corrected chi connectivity index (χ2v) is 5.68. The molecule has 0 atom stereocenters. The molecule has 0 saturated heterocycles. The van der Waals surface area contributed by atoms with Gasteiger partial charge < -0.3 is 0 Å². The first-order valence-corrected chi connectivity index (χ1v) is 7.26. The Morgan fingerprint density at radius 2 is 2.05 bits per heavy atom. The van der Waals surface area contributed by atoms with E-state index in [1.807, 2.05) is 0 Å². The van der Waals surface area contributed by atoms with E-state index >= 15 is 0 Å². The van der Waals surface area contributed by atoms with Gasteiger partial charge in [0.2, 0.25) is 0 Å². The number of hydrogen-bond acceptors (Lipinski definition) is 2. The summed E-state index contributed by atoms with van der Waals surface area (Å²) < 4.78 is 41.4. The van der Waals surface area contributed by atoms with E-state index in [0.29, 0.717) is 17.9 Å². The summed E-state index contributed by atoms with van der Waals surface area (Å²) in [4.78, 5) is 12.2. The highest BCUT2D eigenvalue weighted by Crippen LogP contribution is 2.35. The van der Waals surface area contributed by atoms with Crippen LogP contribution >= 0.6 is 11.6 Å². The van der Waals surface area contributed by atoms with Gasteiger partial charge in [-0.3, -0.25) is 4.57 Å². The fourth-order valence-corrected chi connectivity index (χ4v) is 2.84. The van der Waals surface area contributed by atoms with Crippen molar-refractivity contribution in [1.82, 2.24) is 14.3 Å². The Balaban J connectivity index is 1.94. The van der Waals surface area contributed by atoms with Crippen LogP contribution in [-0.4, -0.2) is 14.3 Å². The minimum absolute atomic E-state index is 0.000910. The largest absolute Gasteiger partial charge is 0.417 e. The van der Waals surface area contributed by atoms with Gasteiger partial charge in [0, 0.05) is 13.0 Å². The number of hydrogen-bond donors (Lipinski definition) is 0. The predicted molar refractivity (Wildman–Crippen MR) is 75.0 cm³/mol. The van der Waals surface area contributed by atoms with E-state index in [0.717, 1.165) is 25.3 Å². The average molecular weight is 332 g/mol. The van der Waals surface area contributed by atoms with Crippen LogP contribution in [0.3, 0.4) is 0 Å². The van der Waals surface area contributed by atoms with Crippen LogP contribution in [0.2, 0.25) is 5.02 Å². The molecule has 0 unspecified atom stereocenters. The maximum absolute atomic E-state index is 12.9. The first-order chi connectivity index (χ1) is 10.4. The Morgan fingerprint density at radius 1 is 1.27 bits per heavy atom. The minimum atomic E-state index is -4.52. The van der Waals surface area contributed by atoms with Crippen molar-refractivity contribution in [2.24, 2.45) is 0 Å². The fraction of sp³-hybridized carbons (Fsp3) is 0.429. The van der Waals surface area contributed by atoms with Gasteiger partial charge >= 0.3 is 11.9 Å². The van der Waals surface area contributed by atoms with Crippen LogP contribution < -0.4 is 5.69 Å². The molecule has 0 bridgehead atoms. The van der Waals surface area contributed by atoms with Crippen LogP contribution in [0.15, 0.2) is 23.0 Å². The maximum atomic E-state index is 12.9. The Hall–Kier alpha value is -1.76. The molecule has 0 saturated carbocycles. The third-order valence-corrected chi connectivity index (χ3v) is 4.03. The zero-order valence-electron chi connectivity index (χ0n) is 11.5. The number of nitrogens with zero attached hydrogens (tertiary/aromatic N) is 3. The standard InChI is InChI=1S/C14H13ClF3N3O/c15-11-5-4-9(7-10(11)14(16,17)18)8-21-13(22)20-6-2-1-3-12(20)19-21/h4-5,7H,1-3,6,8H2. The topological polar surface area (TPSA) is 39.8 Å². The molecule has 1 aliphatic heterocycles. The Bertz CT molecular complexity index is 764. The van der Waals surface area contributed by atoms with E-state index in [-0.39, 0.29) is 17.3 Å². The molecule has 4 nitrogen and oxygen atoms in total. The van der Waals surface area contributed by atoms with Crippen LogP contribution in [0.25, 0.3) is 0 Å². The summed E-state index contributed by atoms with van der Waals surface area (Å²) in [5.41, 5.74) is -0.837. The smallest absolute Gasteiger partial charge is 0.279 e. The molecule has 118 valence electrons. The van der Waals surface area contributed by atoms with Gasteiger partial charge in [0.15, 0.2) is 0 Å². The average Bonchev–Trinajstić information content (AvgIpc) is 2.77. The van der Waals surface area contributed by atoms with Crippen LogP contribution in [0, 0.1) is 0 Å². The highest BCUT2D eigenvalue weighted by atomic mass is 35.5. The molecule has 8 heteroatoms. The van der Waals surface area contributed by atoms with E-state index in [9.17, 15) is 18.0 Å². The van der Waals surface area contributed by atoms with Gasteiger partial charge in [-0.25, -0.2) is 9.48 Å². The summed E-state index contributed by atoms with van der Waals surface area (Å²) in [5, 5.41) is 3.86. The summed E-state index contributed by atoms with van der Waals surface area (Å²) in [6.07, 6.45) is -1.92. The predicted octanol–water partition coefficient (Wildman–Crippen LogP) is 3.10. The van der Waals surface area contributed by atoms with Crippen molar-refractivity contribution in [1.29, 1.82) is 0 Å². The van der Waals surface area contributed by atoms with Crippen molar-refractivity contribution < 1.29 is 13.2 Å². The van der Waals surface area contributed by atoms with E-state index in [1.165, 1.54) is 16.8 Å². The number of alkyl halides is 3. The Morgan fingerprint density at radius 3 is 2.73 bits per heavy atom. The van der Waals surface area contributed by atoms with Crippen molar-refractivity contribution in [3.63, 3.8) is 0 Å². The third-order valence-electron chi connectivity index (χ3n) is 3.70. The molecule has 0 radical (unpaired) electrons. The van der Waals surface area contributed by atoms with Crippen LogP contribution in [-0.2, 0) is 25.7 Å². The van der Waals surface area contributed by atoms with Crippen LogP contribution in [0.4, 0.5) is 13.2 Å². The lowest BCUT2D eigenvalue weighted by molar-refractivity contribution is -0.137. The number of benzene rings is 1. The van der Waals surface area contributed by atoms with Crippen molar-refractivity contribution in [3.05, 3.63) is 50.7 Å². The highest BCUT2D eigenvalue weighted by molar-refractivity contribution is 6.31. The number of halogens is 4. The van der Waals surface area contributed by atoms with Crippen LogP contribution in [0.1, 0.15) is 29.8 Å². The monoisotopic (exact) mass is 331 g/mol. The molecule has 0 N–H and O–H groups in total. The molecule has 3 rings (SSSR count). The second kappa shape index (κ2) is 5.46. The quantitative estimate of drug-likeness (QED) is 0.848. The molecular formula is C14H13ClF3N3O. The van der Waals surface area contributed by atoms with E-state index in [4.69, 9.17) is 11.6 Å². The number of aryl methyl sites for hydroxylation is 1. The lowest BCUT2D eigenvalue weighted by atomic mass is 10.1. The molecule has 2 aromatic rings. The zero-order chi connectivity index (χ0) is 15.9.